The summed E-state index contributed by atoms with van der Waals surface area (Å²) >= 11 is 5.46. The second kappa shape index (κ2) is 3.88. The summed E-state index contributed by atoms with van der Waals surface area (Å²) in [6, 6.07) is 2.26. The number of hydrogen-bond acceptors (Lipinski definition) is 0. The van der Waals surface area contributed by atoms with Gasteiger partial charge in [0.15, 0.2) is 0 Å². The lowest BCUT2D eigenvalue weighted by Crippen LogP contribution is -1.94. The second-order valence-electron chi connectivity index (χ2n) is 2.82. The molecule has 70 valence electrons. The maximum absolute atomic E-state index is 13.2. The van der Waals surface area contributed by atoms with E-state index in [0.29, 0.717) is 5.57 Å². The van der Waals surface area contributed by atoms with Crippen LogP contribution in [0.15, 0.2) is 18.7 Å². The molecule has 0 spiro atoms. The Balaban J connectivity index is 3.23. The van der Waals surface area contributed by atoms with Gasteiger partial charge in [-0.3, -0.25) is 0 Å². The average Bonchev–Trinajstić information content (AvgIpc) is 2.10. The monoisotopic (exact) mass is 202 g/mol. The van der Waals surface area contributed by atoms with Crippen molar-refractivity contribution in [3.63, 3.8) is 0 Å². The molecule has 0 heterocycles. The van der Waals surface area contributed by atoms with Gasteiger partial charge in [-0.2, -0.15) is 0 Å². The van der Waals surface area contributed by atoms with Crippen LogP contribution >= 0.6 is 11.6 Å². The highest BCUT2D eigenvalue weighted by atomic mass is 35.5. The highest BCUT2D eigenvalue weighted by Crippen LogP contribution is 2.21. The summed E-state index contributed by atoms with van der Waals surface area (Å²) in [5.74, 6) is -0.827. The van der Waals surface area contributed by atoms with E-state index in [0.717, 1.165) is 12.1 Å². The van der Waals surface area contributed by atoms with Gasteiger partial charge in [0.2, 0.25) is 0 Å². The first kappa shape index (κ1) is 10.2. The second-order valence-corrected chi connectivity index (χ2v) is 3.09. The number of allylic oxidation sites excluding steroid dienone is 1. The molecule has 0 fully saturated rings. The van der Waals surface area contributed by atoms with E-state index in [-0.39, 0.29) is 17.0 Å². The van der Waals surface area contributed by atoms with Crippen molar-refractivity contribution < 1.29 is 8.78 Å². The van der Waals surface area contributed by atoms with Crippen molar-refractivity contribution >= 4 is 17.2 Å². The Bertz CT molecular complexity index is 345. The zero-order chi connectivity index (χ0) is 10.0. The number of hydrogen-bond donors (Lipinski definition) is 0. The van der Waals surface area contributed by atoms with Gasteiger partial charge in [-0.25, -0.2) is 8.78 Å². The van der Waals surface area contributed by atoms with Crippen LogP contribution in [0.4, 0.5) is 8.78 Å². The van der Waals surface area contributed by atoms with Crippen LogP contribution in [0.25, 0.3) is 5.57 Å². The summed E-state index contributed by atoms with van der Waals surface area (Å²) in [4.78, 5) is 0. The van der Waals surface area contributed by atoms with Crippen LogP contribution in [0.2, 0.25) is 0 Å². The molecular formula is C10H9ClF2. The third-order valence-electron chi connectivity index (χ3n) is 1.79. The molecule has 1 aromatic rings. The predicted octanol–water partition coefficient (Wildman–Crippen LogP) is 3.53. The van der Waals surface area contributed by atoms with E-state index in [1.807, 2.05) is 0 Å². The van der Waals surface area contributed by atoms with Gasteiger partial charge in [0.05, 0.1) is 0 Å². The van der Waals surface area contributed by atoms with E-state index < -0.39 is 11.6 Å². The lowest BCUT2D eigenvalue weighted by atomic mass is 10.1. The summed E-state index contributed by atoms with van der Waals surface area (Å²) in [6.07, 6.45) is 0. The Morgan fingerprint density at radius 3 is 2.54 bits per heavy atom. The van der Waals surface area contributed by atoms with Crippen molar-refractivity contribution in [2.75, 3.05) is 5.88 Å². The summed E-state index contributed by atoms with van der Waals surface area (Å²) < 4.78 is 26.2. The molecule has 0 aromatic heterocycles. The molecule has 1 aromatic carbocycles. The first-order valence-corrected chi connectivity index (χ1v) is 4.29. The Hall–Kier alpha value is -0.890. The molecule has 0 saturated carbocycles. The van der Waals surface area contributed by atoms with E-state index in [9.17, 15) is 8.78 Å². The maximum Gasteiger partial charge on any atom is 0.131 e. The van der Waals surface area contributed by atoms with Gasteiger partial charge in [-0.15, -0.1) is 11.6 Å². The fraction of sp³-hybridized carbons (Fsp3) is 0.200. The predicted molar refractivity (Wildman–Crippen MR) is 50.8 cm³/mol. The Labute approximate surface area is 80.8 Å². The third kappa shape index (κ3) is 2.07. The van der Waals surface area contributed by atoms with Crippen LogP contribution in [0.5, 0.6) is 0 Å². The fourth-order valence-electron chi connectivity index (χ4n) is 0.989. The van der Waals surface area contributed by atoms with Crippen LogP contribution < -0.4 is 0 Å². The van der Waals surface area contributed by atoms with Gasteiger partial charge in [0.25, 0.3) is 0 Å². The molecule has 3 heteroatoms. The fourth-order valence-corrected chi connectivity index (χ4v) is 1.13. The van der Waals surface area contributed by atoms with Crippen molar-refractivity contribution in [2.45, 2.75) is 6.92 Å². The normalized spacial score (nSPS) is 10.2. The summed E-state index contributed by atoms with van der Waals surface area (Å²) in [7, 11) is 0. The van der Waals surface area contributed by atoms with Gasteiger partial charge in [0.1, 0.15) is 11.6 Å². The molecule has 1 rings (SSSR count). The van der Waals surface area contributed by atoms with Crippen LogP contribution in [0.3, 0.4) is 0 Å². The molecule has 0 radical (unpaired) electrons. The molecule has 0 N–H and O–H groups in total. The SMILES string of the molecule is C=C(CCl)c1cc(F)c(C)cc1F. The van der Waals surface area contributed by atoms with Crippen LogP contribution in [0, 0.1) is 18.6 Å². The standard InChI is InChI=1S/C10H9ClF2/c1-6-3-10(13)8(4-9(6)12)7(2)5-11/h3-4H,2,5H2,1H3. The first-order valence-electron chi connectivity index (χ1n) is 3.76. The first-order chi connectivity index (χ1) is 6.06. The van der Waals surface area contributed by atoms with Crippen molar-refractivity contribution in [2.24, 2.45) is 0 Å². The quantitative estimate of drug-likeness (QED) is 0.644. The van der Waals surface area contributed by atoms with Crippen molar-refractivity contribution in [1.29, 1.82) is 0 Å². The van der Waals surface area contributed by atoms with E-state index >= 15 is 0 Å². The number of halogens is 3. The van der Waals surface area contributed by atoms with Crippen LogP contribution in [-0.2, 0) is 0 Å². The zero-order valence-corrected chi connectivity index (χ0v) is 7.96. The highest BCUT2D eigenvalue weighted by molar-refractivity contribution is 6.23. The zero-order valence-electron chi connectivity index (χ0n) is 7.20. The van der Waals surface area contributed by atoms with Gasteiger partial charge in [-0.05, 0) is 30.2 Å². The molecule has 0 bridgehead atoms. The van der Waals surface area contributed by atoms with Gasteiger partial charge in [-0.1, -0.05) is 6.58 Å². The Kier molecular flexibility index (Phi) is 3.04. The third-order valence-corrected chi connectivity index (χ3v) is 2.11. The summed E-state index contributed by atoms with van der Waals surface area (Å²) in [5, 5.41) is 0. The largest absolute Gasteiger partial charge is 0.207 e. The summed E-state index contributed by atoms with van der Waals surface area (Å²) in [5.41, 5.74) is 0.819. The number of aryl methyl sites for hydroxylation is 1. The molecule has 0 unspecified atom stereocenters. The van der Waals surface area contributed by atoms with Crippen molar-refractivity contribution in [3.05, 3.63) is 41.5 Å². The van der Waals surface area contributed by atoms with E-state index in [4.69, 9.17) is 11.6 Å². The number of alkyl halides is 1. The minimum atomic E-state index is -0.482. The van der Waals surface area contributed by atoms with Gasteiger partial charge >= 0.3 is 0 Å². The topological polar surface area (TPSA) is 0 Å². The molecule has 0 saturated heterocycles. The lowest BCUT2D eigenvalue weighted by Gasteiger charge is -2.05. The van der Waals surface area contributed by atoms with Crippen molar-refractivity contribution in [1.82, 2.24) is 0 Å². The average molecular weight is 203 g/mol. The molecule has 0 aliphatic heterocycles. The van der Waals surface area contributed by atoms with Gasteiger partial charge < -0.3 is 0 Å². The smallest absolute Gasteiger partial charge is 0.131 e. The number of rotatable bonds is 2. The Morgan fingerprint density at radius 2 is 2.00 bits per heavy atom. The lowest BCUT2D eigenvalue weighted by molar-refractivity contribution is 0.589. The Morgan fingerprint density at radius 1 is 1.38 bits per heavy atom. The van der Waals surface area contributed by atoms with Crippen LogP contribution in [0.1, 0.15) is 11.1 Å². The summed E-state index contributed by atoms with van der Waals surface area (Å²) in [6.45, 7) is 5.04. The minimum Gasteiger partial charge on any atom is -0.207 e. The molecular weight excluding hydrogens is 194 g/mol. The number of benzene rings is 1. The molecule has 0 aliphatic rings. The van der Waals surface area contributed by atoms with E-state index in [2.05, 4.69) is 6.58 Å². The maximum atomic E-state index is 13.2. The van der Waals surface area contributed by atoms with E-state index in [1.54, 1.807) is 0 Å². The van der Waals surface area contributed by atoms with Crippen molar-refractivity contribution in [3.8, 4) is 0 Å². The molecule has 0 atom stereocenters. The molecule has 13 heavy (non-hydrogen) atoms. The van der Waals surface area contributed by atoms with Crippen LogP contribution in [-0.4, -0.2) is 5.88 Å². The molecule has 0 aliphatic carbocycles. The minimum absolute atomic E-state index is 0.0966. The van der Waals surface area contributed by atoms with E-state index in [1.165, 1.54) is 6.92 Å². The molecule has 0 nitrogen and oxygen atoms in total. The highest BCUT2D eigenvalue weighted by Gasteiger charge is 2.08. The molecule has 0 amide bonds. The van der Waals surface area contributed by atoms with Gasteiger partial charge in [0, 0.05) is 11.4 Å².